The summed E-state index contributed by atoms with van der Waals surface area (Å²) in [5.74, 6) is -0.0330. The topological polar surface area (TPSA) is 27.7 Å². The summed E-state index contributed by atoms with van der Waals surface area (Å²) in [4.78, 5) is 0. The lowest BCUT2D eigenvalue weighted by atomic mass is 9.75. The summed E-state index contributed by atoms with van der Waals surface area (Å²) >= 11 is 0. The summed E-state index contributed by atoms with van der Waals surface area (Å²) in [7, 11) is 0. The van der Waals surface area contributed by atoms with Gasteiger partial charge in [0.2, 0.25) is 0 Å². The molecule has 4 rings (SSSR count). The first kappa shape index (κ1) is 25.1. The maximum absolute atomic E-state index is 14.3. The minimum atomic E-state index is -0.799. The second-order valence-electron chi connectivity index (χ2n) is 9.61. The van der Waals surface area contributed by atoms with Crippen molar-refractivity contribution in [1.29, 1.82) is 0 Å². The van der Waals surface area contributed by atoms with E-state index in [1.165, 1.54) is 50.7 Å². The van der Waals surface area contributed by atoms with Gasteiger partial charge in [-0.25, -0.2) is 8.78 Å². The number of halogens is 3. The van der Waals surface area contributed by atoms with Gasteiger partial charge in [-0.15, -0.1) is 0 Å². The summed E-state index contributed by atoms with van der Waals surface area (Å²) in [6.45, 7) is 3.01. The minimum absolute atomic E-state index is 0.0687. The zero-order valence-corrected chi connectivity index (χ0v) is 19.9. The van der Waals surface area contributed by atoms with E-state index in [-0.39, 0.29) is 13.0 Å². The molecule has 0 unspecified atom stereocenters. The van der Waals surface area contributed by atoms with Crippen molar-refractivity contribution < 1.29 is 27.4 Å². The average Bonchev–Trinajstić information content (AvgIpc) is 2.86. The molecule has 0 amide bonds. The number of alkyl halides is 1. The van der Waals surface area contributed by atoms with E-state index in [0.29, 0.717) is 36.2 Å². The first-order chi connectivity index (χ1) is 16.6. The number of rotatable bonds is 9. The fraction of sp³-hybridized carbons (Fsp3) is 0.571. The number of benzene rings is 2. The standard InChI is InChI=1S/C28H35F3O3/c1-2-4-19-5-7-21(8-6-19)24-17-33-28(34-18-24)22-11-9-20(10-12-22)23-15-25(30)27(26(31)16-23)32-14-3-13-29/h9-12,15-16,19,21,24,28H,2-8,13-14,17-18H2,1H3. The van der Waals surface area contributed by atoms with Crippen LogP contribution in [0.5, 0.6) is 5.75 Å². The molecule has 6 heteroatoms. The Morgan fingerprint density at radius 1 is 0.882 bits per heavy atom. The van der Waals surface area contributed by atoms with Gasteiger partial charge < -0.3 is 14.2 Å². The SMILES string of the molecule is CCCC1CCC(C2COC(c3ccc(-c4cc(F)c(OCCCF)c(F)c4)cc3)OC2)CC1. The number of ether oxygens (including phenoxy) is 3. The van der Waals surface area contributed by atoms with Gasteiger partial charge in [-0.3, -0.25) is 4.39 Å². The quantitative estimate of drug-likeness (QED) is 0.348. The first-order valence-electron chi connectivity index (χ1n) is 12.6. The maximum Gasteiger partial charge on any atom is 0.190 e. The van der Waals surface area contributed by atoms with Crippen LogP contribution in [0.1, 0.15) is 63.7 Å². The molecule has 0 aromatic heterocycles. The highest BCUT2D eigenvalue weighted by molar-refractivity contribution is 5.65. The monoisotopic (exact) mass is 476 g/mol. The van der Waals surface area contributed by atoms with Crippen molar-refractivity contribution in [2.24, 2.45) is 17.8 Å². The molecule has 0 radical (unpaired) electrons. The van der Waals surface area contributed by atoms with E-state index in [2.05, 4.69) is 6.92 Å². The van der Waals surface area contributed by atoms with Gasteiger partial charge in [-0.1, -0.05) is 56.9 Å². The zero-order chi connectivity index (χ0) is 23.9. The van der Waals surface area contributed by atoms with E-state index < -0.39 is 30.3 Å². The summed E-state index contributed by atoms with van der Waals surface area (Å²) in [6, 6.07) is 9.82. The highest BCUT2D eigenvalue weighted by Crippen LogP contribution is 2.39. The number of hydrogen-bond acceptors (Lipinski definition) is 3. The third-order valence-electron chi connectivity index (χ3n) is 7.22. The first-order valence-corrected chi connectivity index (χ1v) is 12.6. The van der Waals surface area contributed by atoms with E-state index >= 15 is 0 Å². The van der Waals surface area contributed by atoms with Crippen LogP contribution in [0.15, 0.2) is 36.4 Å². The molecule has 0 atom stereocenters. The second-order valence-corrected chi connectivity index (χ2v) is 9.61. The average molecular weight is 477 g/mol. The molecule has 2 aliphatic rings. The van der Waals surface area contributed by atoms with Gasteiger partial charge in [-0.2, -0.15) is 0 Å². The lowest BCUT2D eigenvalue weighted by molar-refractivity contribution is -0.214. The summed E-state index contributed by atoms with van der Waals surface area (Å²) in [6.07, 6.45) is 7.49. The summed E-state index contributed by atoms with van der Waals surface area (Å²) in [5.41, 5.74) is 1.97. The van der Waals surface area contributed by atoms with Crippen LogP contribution in [0.3, 0.4) is 0 Å². The van der Waals surface area contributed by atoms with E-state index in [1.807, 2.05) is 12.1 Å². The lowest BCUT2D eigenvalue weighted by Gasteiger charge is -2.37. The van der Waals surface area contributed by atoms with Gasteiger partial charge in [0.05, 0.1) is 26.5 Å². The number of hydrogen-bond donors (Lipinski definition) is 0. The Labute approximate surface area is 200 Å². The molecule has 0 N–H and O–H groups in total. The molecule has 2 aromatic carbocycles. The molecule has 1 saturated heterocycles. The van der Waals surface area contributed by atoms with Crippen LogP contribution >= 0.6 is 0 Å². The molecule has 1 aliphatic heterocycles. The smallest absolute Gasteiger partial charge is 0.190 e. The van der Waals surface area contributed by atoms with Crippen LogP contribution in [0.25, 0.3) is 11.1 Å². The van der Waals surface area contributed by atoms with Gasteiger partial charge >= 0.3 is 0 Å². The largest absolute Gasteiger partial charge is 0.488 e. The van der Waals surface area contributed by atoms with Gasteiger partial charge in [0, 0.05) is 17.9 Å². The normalized spacial score (nSPS) is 25.3. The van der Waals surface area contributed by atoms with Gasteiger partial charge in [0.25, 0.3) is 0 Å². The summed E-state index contributed by atoms with van der Waals surface area (Å²) in [5, 5.41) is 0. The molecular weight excluding hydrogens is 441 g/mol. The molecule has 34 heavy (non-hydrogen) atoms. The Hall–Kier alpha value is -2.05. The Bertz CT molecular complexity index is 879. The van der Waals surface area contributed by atoms with Crippen molar-refractivity contribution in [2.75, 3.05) is 26.5 Å². The van der Waals surface area contributed by atoms with Crippen LogP contribution in [0.2, 0.25) is 0 Å². The third-order valence-corrected chi connectivity index (χ3v) is 7.22. The molecule has 2 fully saturated rings. The van der Waals surface area contributed by atoms with Crippen LogP contribution in [0, 0.1) is 29.4 Å². The van der Waals surface area contributed by atoms with Crippen LogP contribution < -0.4 is 4.74 Å². The fourth-order valence-electron chi connectivity index (χ4n) is 5.27. The van der Waals surface area contributed by atoms with Crippen LogP contribution in [-0.4, -0.2) is 26.5 Å². The lowest BCUT2D eigenvalue weighted by Crippen LogP contribution is -2.34. The minimum Gasteiger partial charge on any atom is -0.488 e. The molecule has 1 heterocycles. The van der Waals surface area contributed by atoms with E-state index in [0.717, 1.165) is 11.5 Å². The van der Waals surface area contributed by atoms with Crippen molar-refractivity contribution in [3.8, 4) is 16.9 Å². The zero-order valence-electron chi connectivity index (χ0n) is 19.9. The van der Waals surface area contributed by atoms with Crippen molar-refractivity contribution >= 4 is 0 Å². The Balaban J connectivity index is 1.32. The molecule has 2 aromatic rings. The predicted octanol–water partition coefficient (Wildman–Crippen LogP) is 7.64. The predicted molar refractivity (Wildman–Crippen MR) is 126 cm³/mol. The molecular formula is C28H35F3O3. The van der Waals surface area contributed by atoms with Crippen molar-refractivity contribution in [3.05, 3.63) is 53.6 Å². The van der Waals surface area contributed by atoms with Gasteiger partial charge in [0.1, 0.15) is 0 Å². The van der Waals surface area contributed by atoms with Crippen molar-refractivity contribution in [1.82, 2.24) is 0 Å². The van der Waals surface area contributed by atoms with E-state index in [9.17, 15) is 13.2 Å². The maximum atomic E-state index is 14.3. The second kappa shape index (κ2) is 12.1. The van der Waals surface area contributed by atoms with Crippen LogP contribution in [-0.2, 0) is 9.47 Å². The highest BCUT2D eigenvalue weighted by Gasteiger charge is 2.32. The van der Waals surface area contributed by atoms with E-state index in [1.54, 1.807) is 12.1 Å². The van der Waals surface area contributed by atoms with Crippen molar-refractivity contribution in [2.45, 2.75) is 58.2 Å². The molecule has 186 valence electrons. The Kier molecular flexibility index (Phi) is 8.90. The highest BCUT2D eigenvalue weighted by atomic mass is 19.1. The molecule has 1 aliphatic carbocycles. The third kappa shape index (κ3) is 6.14. The molecule has 1 saturated carbocycles. The van der Waals surface area contributed by atoms with Crippen LogP contribution in [0.4, 0.5) is 13.2 Å². The fourth-order valence-corrected chi connectivity index (χ4v) is 5.27. The van der Waals surface area contributed by atoms with E-state index in [4.69, 9.17) is 14.2 Å². The molecule has 3 nitrogen and oxygen atoms in total. The van der Waals surface area contributed by atoms with Gasteiger partial charge in [-0.05, 0) is 47.9 Å². The van der Waals surface area contributed by atoms with Crippen molar-refractivity contribution in [3.63, 3.8) is 0 Å². The molecule has 0 bridgehead atoms. The Morgan fingerprint density at radius 2 is 1.53 bits per heavy atom. The Morgan fingerprint density at radius 3 is 2.12 bits per heavy atom. The molecule has 0 spiro atoms. The summed E-state index contributed by atoms with van der Waals surface area (Å²) < 4.78 is 58.1. The van der Waals surface area contributed by atoms with Gasteiger partial charge in [0.15, 0.2) is 23.7 Å².